The number of carbonyl (C=O) groups is 1. The fourth-order valence-corrected chi connectivity index (χ4v) is 1.49. The van der Waals surface area contributed by atoms with E-state index in [0.717, 1.165) is 12.8 Å². The van der Waals surface area contributed by atoms with Gasteiger partial charge in [0, 0.05) is 0 Å². The van der Waals surface area contributed by atoms with Gasteiger partial charge in [-0.1, -0.05) is 6.07 Å². The Hall–Kier alpha value is -1.46. The molecule has 5 nitrogen and oxygen atoms in total. The van der Waals surface area contributed by atoms with E-state index in [1.54, 1.807) is 13.0 Å². The first-order valence-electron chi connectivity index (χ1n) is 5.46. The molecule has 0 aliphatic carbocycles. The van der Waals surface area contributed by atoms with E-state index in [1.165, 1.54) is 6.07 Å². The van der Waals surface area contributed by atoms with Gasteiger partial charge in [0.15, 0.2) is 0 Å². The van der Waals surface area contributed by atoms with Crippen LogP contribution in [0, 0.1) is 6.92 Å². The Morgan fingerprint density at radius 3 is 2.61 bits per heavy atom. The first kappa shape index (κ1) is 16.5. The molecule has 0 bridgehead atoms. The summed E-state index contributed by atoms with van der Waals surface area (Å²) in [6.07, 6.45) is 1.57. The van der Waals surface area contributed by atoms with Crippen molar-refractivity contribution in [2.24, 2.45) is 5.73 Å². The maximum absolute atomic E-state index is 11.0. The van der Waals surface area contributed by atoms with Crippen LogP contribution in [0.15, 0.2) is 12.1 Å². The molecule has 102 valence electrons. The van der Waals surface area contributed by atoms with Gasteiger partial charge in [-0.15, -0.1) is 12.4 Å². The number of ether oxygens (including phenoxy) is 1. The highest BCUT2D eigenvalue weighted by Crippen LogP contribution is 2.31. The number of carboxylic acids is 1. The Kier molecular flexibility index (Phi) is 7.16. The van der Waals surface area contributed by atoms with Gasteiger partial charge in [-0.05, 0) is 37.9 Å². The van der Waals surface area contributed by atoms with E-state index >= 15 is 0 Å². The zero-order valence-corrected chi connectivity index (χ0v) is 11.0. The van der Waals surface area contributed by atoms with Crippen molar-refractivity contribution >= 4 is 18.4 Å². The summed E-state index contributed by atoms with van der Waals surface area (Å²) in [6.45, 7) is 2.71. The van der Waals surface area contributed by atoms with Crippen LogP contribution in [0.1, 0.15) is 28.8 Å². The van der Waals surface area contributed by atoms with Gasteiger partial charge < -0.3 is 20.7 Å². The van der Waals surface area contributed by atoms with Crippen molar-refractivity contribution in [1.82, 2.24) is 0 Å². The lowest BCUT2D eigenvalue weighted by Crippen LogP contribution is -2.08. The van der Waals surface area contributed by atoms with Crippen LogP contribution in [-0.4, -0.2) is 29.3 Å². The SMILES string of the molecule is Cc1ccc(O)c(C(=O)O)c1OCCCCN.Cl. The molecule has 1 rings (SSSR count). The molecule has 0 saturated heterocycles. The van der Waals surface area contributed by atoms with Gasteiger partial charge in [0.05, 0.1) is 6.61 Å². The fourth-order valence-electron chi connectivity index (χ4n) is 1.49. The molecule has 18 heavy (non-hydrogen) atoms. The van der Waals surface area contributed by atoms with Crippen molar-refractivity contribution in [2.45, 2.75) is 19.8 Å². The van der Waals surface area contributed by atoms with E-state index in [2.05, 4.69) is 0 Å². The van der Waals surface area contributed by atoms with E-state index in [9.17, 15) is 9.90 Å². The largest absolute Gasteiger partial charge is 0.507 e. The van der Waals surface area contributed by atoms with Gasteiger partial charge in [-0.3, -0.25) is 0 Å². The van der Waals surface area contributed by atoms with E-state index in [-0.39, 0.29) is 29.5 Å². The molecule has 4 N–H and O–H groups in total. The van der Waals surface area contributed by atoms with Crippen molar-refractivity contribution in [3.8, 4) is 11.5 Å². The minimum Gasteiger partial charge on any atom is -0.507 e. The van der Waals surface area contributed by atoms with Gasteiger partial charge in [0.1, 0.15) is 17.1 Å². The summed E-state index contributed by atoms with van der Waals surface area (Å²) in [5.74, 6) is -1.24. The van der Waals surface area contributed by atoms with Crippen LogP contribution in [0.4, 0.5) is 0 Å². The average molecular weight is 276 g/mol. The number of rotatable bonds is 6. The zero-order chi connectivity index (χ0) is 12.8. The van der Waals surface area contributed by atoms with E-state index in [0.29, 0.717) is 18.7 Å². The Bertz CT molecular complexity index is 409. The van der Waals surface area contributed by atoms with Crippen LogP contribution < -0.4 is 10.5 Å². The van der Waals surface area contributed by atoms with E-state index < -0.39 is 5.97 Å². The van der Waals surface area contributed by atoms with Crippen LogP contribution in [0.2, 0.25) is 0 Å². The number of nitrogens with two attached hydrogens (primary N) is 1. The third-order valence-electron chi connectivity index (χ3n) is 2.39. The number of aromatic hydroxyl groups is 1. The minimum atomic E-state index is -1.19. The molecule has 0 aliphatic heterocycles. The van der Waals surface area contributed by atoms with Crippen LogP contribution in [0.5, 0.6) is 11.5 Å². The van der Waals surface area contributed by atoms with Crippen LogP contribution in [-0.2, 0) is 0 Å². The van der Waals surface area contributed by atoms with Crippen molar-refractivity contribution in [2.75, 3.05) is 13.2 Å². The lowest BCUT2D eigenvalue weighted by atomic mass is 10.1. The quantitative estimate of drug-likeness (QED) is 0.690. The average Bonchev–Trinajstić information content (AvgIpc) is 2.28. The Balaban J connectivity index is 0.00000289. The predicted molar refractivity (Wildman–Crippen MR) is 70.8 cm³/mol. The third-order valence-corrected chi connectivity index (χ3v) is 2.39. The normalized spacial score (nSPS) is 9.67. The van der Waals surface area contributed by atoms with Crippen LogP contribution >= 0.6 is 12.4 Å². The molecule has 0 spiro atoms. The van der Waals surface area contributed by atoms with E-state index in [1.807, 2.05) is 0 Å². The zero-order valence-electron chi connectivity index (χ0n) is 10.2. The molecule has 0 radical (unpaired) electrons. The van der Waals surface area contributed by atoms with Gasteiger partial charge in [0.2, 0.25) is 0 Å². The number of phenols is 1. The maximum Gasteiger partial charge on any atom is 0.343 e. The summed E-state index contributed by atoms with van der Waals surface area (Å²) < 4.78 is 5.42. The van der Waals surface area contributed by atoms with Crippen LogP contribution in [0.3, 0.4) is 0 Å². The van der Waals surface area contributed by atoms with Gasteiger partial charge in [0.25, 0.3) is 0 Å². The van der Waals surface area contributed by atoms with E-state index in [4.69, 9.17) is 15.6 Å². The smallest absolute Gasteiger partial charge is 0.343 e. The van der Waals surface area contributed by atoms with Crippen LogP contribution in [0.25, 0.3) is 0 Å². The first-order chi connectivity index (χ1) is 8.07. The summed E-state index contributed by atoms with van der Waals surface area (Å²) >= 11 is 0. The predicted octanol–water partition coefficient (Wildman–Crippen LogP) is 1.94. The maximum atomic E-state index is 11.0. The summed E-state index contributed by atoms with van der Waals surface area (Å²) in [6, 6.07) is 2.98. The molecule has 0 amide bonds. The number of unbranched alkanes of at least 4 members (excludes halogenated alkanes) is 1. The highest BCUT2D eigenvalue weighted by atomic mass is 35.5. The summed E-state index contributed by atoms with van der Waals surface area (Å²) in [7, 11) is 0. The number of carboxylic acid groups (broad SMARTS) is 1. The molecule has 6 heteroatoms. The van der Waals surface area contributed by atoms with Gasteiger partial charge >= 0.3 is 5.97 Å². The van der Waals surface area contributed by atoms with Crippen molar-refractivity contribution in [3.63, 3.8) is 0 Å². The molecule has 1 aromatic carbocycles. The fraction of sp³-hybridized carbons (Fsp3) is 0.417. The highest BCUT2D eigenvalue weighted by molar-refractivity contribution is 5.94. The van der Waals surface area contributed by atoms with Gasteiger partial charge in [-0.25, -0.2) is 4.79 Å². The standard InChI is InChI=1S/C12H17NO4.ClH/c1-8-4-5-9(14)10(12(15)16)11(8)17-7-3-2-6-13;/h4-5,14H,2-3,6-7,13H2,1H3,(H,15,16);1H. The second kappa shape index (κ2) is 7.79. The number of hydrogen-bond acceptors (Lipinski definition) is 4. The summed E-state index contributed by atoms with van der Waals surface area (Å²) in [5.41, 5.74) is 5.86. The Morgan fingerprint density at radius 1 is 1.39 bits per heavy atom. The third kappa shape index (κ3) is 4.09. The lowest BCUT2D eigenvalue weighted by Gasteiger charge is -2.12. The number of benzene rings is 1. The molecule has 1 aromatic rings. The first-order valence-corrected chi connectivity index (χ1v) is 5.46. The van der Waals surface area contributed by atoms with Gasteiger partial charge in [-0.2, -0.15) is 0 Å². The number of aromatic carboxylic acids is 1. The van der Waals surface area contributed by atoms with Crippen molar-refractivity contribution < 1.29 is 19.7 Å². The second-order valence-electron chi connectivity index (χ2n) is 3.76. The lowest BCUT2D eigenvalue weighted by molar-refractivity contribution is 0.0688. The monoisotopic (exact) mass is 275 g/mol. The Morgan fingerprint density at radius 2 is 2.06 bits per heavy atom. The minimum absolute atomic E-state index is 0. The molecule has 0 unspecified atom stereocenters. The molecule has 0 aliphatic rings. The Labute approximate surface area is 112 Å². The van der Waals surface area contributed by atoms with Crippen molar-refractivity contribution in [3.05, 3.63) is 23.3 Å². The number of hydrogen-bond donors (Lipinski definition) is 3. The van der Waals surface area contributed by atoms with Crippen molar-refractivity contribution in [1.29, 1.82) is 0 Å². The summed E-state index contributed by atoms with van der Waals surface area (Å²) in [4.78, 5) is 11.0. The molecule has 0 atom stereocenters. The number of halogens is 1. The topological polar surface area (TPSA) is 92.8 Å². The molecule has 0 fully saturated rings. The molecule has 0 heterocycles. The second-order valence-corrected chi connectivity index (χ2v) is 3.76. The highest BCUT2D eigenvalue weighted by Gasteiger charge is 2.18. The molecule has 0 aromatic heterocycles. The molecular formula is C12H18ClNO4. The molecular weight excluding hydrogens is 258 g/mol. The molecule has 0 saturated carbocycles. The summed E-state index contributed by atoms with van der Waals surface area (Å²) in [5, 5.41) is 18.5. The number of aryl methyl sites for hydroxylation is 1.